The van der Waals surface area contributed by atoms with Crippen LogP contribution in [-0.4, -0.2) is 69.6 Å². The van der Waals surface area contributed by atoms with Crippen molar-refractivity contribution in [2.75, 3.05) is 43.8 Å². The van der Waals surface area contributed by atoms with Crippen molar-refractivity contribution in [3.63, 3.8) is 0 Å². The summed E-state index contributed by atoms with van der Waals surface area (Å²) in [4.78, 5) is 16.7. The van der Waals surface area contributed by atoms with Gasteiger partial charge < -0.3 is 9.80 Å². The van der Waals surface area contributed by atoms with Crippen molar-refractivity contribution in [3.05, 3.63) is 30.1 Å². The van der Waals surface area contributed by atoms with Crippen molar-refractivity contribution in [2.45, 2.75) is 19.4 Å². The Bertz CT molecular complexity index is 688. The molecule has 0 N–H and O–H groups in total. The number of piperazine rings is 1. The minimum absolute atomic E-state index is 0.0886. The molecule has 0 radical (unpaired) electrons. The van der Waals surface area contributed by atoms with Gasteiger partial charge in [-0.15, -0.1) is 0 Å². The van der Waals surface area contributed by atoms with Crippen LogP contribution in [0, 0.1) is 5.82 Å². The lowest BCUT2D eigenvalue weighted by molar-refractivity contribution is -0.134. The predicted molar refractivity (Wildman–Crippen MR) is 91.9 cm³/mol. The molecule has 1 saturated heterocycles. The normalized spacial score (nSPS) is 17.6. The summed E-state index contributed by atoms with van der Waals surface area (Å²) in [6.45, 7) is 4.29. The molecule has 24 heavy (non-hydrogen) atoms. The second-order valence-corrected chi connectivity index (χ2v) is 7.92. The second kappa shape index (κ2) is 7.48. The molecular formula is C16H24FN3O3S. The molecule has 1 unspecified atom stereocenters. The largest absolute Gasteiger partial charge is 0.338 e. The highest BCUT2D eigenvalue weighted by Crippen LogP contribution is 2.26. The zero-order valence-electron chi connectivity index (χ0n) is 14.3. The molecule has 134 valence electrons. The average molecular weight is 357 g/mol. The fourth-order valence-electron chi connectivity index (χ4n) is 2.89. The number of carbonyl (C=O) groups is 1. The Kier molecular flexibility index (Phi) is 5.82. The van der Waals surface area contributed by atoms with Gasteiger partial charge in [0.05, 0.1) is 11.9 Å². The summed E-state index contributed by atoms with van der Waals surface area (Å²) in [5.74, 6) is -0.938. The summed E-state index contributed by atoms with van der Waals surface area (Å²) < 4.78 is 39.7. The third kappa shape index (κ3) is 4.05. The summed E-state index contributed by atoms with van der Waals surface area (Å²) in [6.07, 6.45) is 1.27. The number of likely N-dealkylation sites (N-methyl/N-ethyl adjacent to an activating group) is 1. The number of benzene rings is 1. The van der Waals surface area contributed by atoms with Gasteiger partial charge in [0.1, 0.15) is 11.9 Å². The summed E-state index contributed by atoms with van der Waals surface area (Å²) >= 11 is 0. The Morgan fingerprint density at radius 2 is 1.83 bits per heavy atom. The van der Waals surface area contributed by atoms with E-state index in [1.54, 1.807) is 17.9 Å². The fraction of sp³-hybridized carbons (Fsp3) is 0.562. The van der Waals surface area contributed by atoms with Crippen LogP contribution in [0.4, 0.5) is 10.1 Å². The Morgan fingerprint density at radius 1 is 1.25 bits per heavy atom. The van der Waals surface area contributed by atoms with Gasteiger partial charge in [0.15, 0.2) is 0 Å². The molecule has 0 aromatic heterocycles. The first kappa shape index (κ1) is 18.7. The van der Waals surface area contributed by atoms with E-state index in [-0.39, 0.29) is 18.0 Å². The Morgan fingerprint density at radius 3 is 2.33 bits per heavy atom. The Balaban J connectivity index is 2.36. The van der Waals surface area contributed by atoms with E-state index in [2.05, 4.69) is 4.90 Å². The molecule has 1 aromatic rings. The first-order valence-electron chi connectivity index (χ1n) is 7.97. The number of carbonyl (C=O) groups excluding carboxylic acids is 1. The molecule has 8 heteroatoms. The molecule has 1 amide bonds. The van der Waals surface area contributed by atoms with Gasteiger partial charge in [0.25, 0.3) is 0 Å². The molecule has 1 aliphatic rings. The molecule has 0 spiro atoms. The summed E-state index contributed by atoms with van der Waals surface area (Å²) in [5, 5.41) is 0. The highest BCUT2D eigenvalue weighted by molar-refractivity contribution is 7.92. The zero-order chi connectivity index (χ0) is 17.9. The van der Waals surface area contributed by atoms with Crippen LogP contribution in [0.3, 0.4) is 0 Å². The van der Waals surface area contributed by atoms with Gasteiger partial charge in [-0.1, -0.05) is 19.1 Å². The second-order valence-electron chi connectivity index (χ2n) is 6.06. The first-order valence-corrected chi connectivity index (χ1v) is 9.81. The van der Waals surface area contributed by atoms with E-state index in [0.29, 0.717) is 13.1 Å². The van der Waals surface area contributed by atoms with Crippen LogP contribution in [0.5, 0.6) is 0 Å². The maximum Gasteiger partial charge on any atom is 0.246 e. The van der Waals surface area contributed by atoms with E-state index >= 15 is 0 Å². The van der Waals surface area contributed by atoms with Crippen molar-refractivity contribution in [1.29, 1.82) is 0 Å². The van der Waals surface area contributed by atoms with Crippen LogP contribution >= 0.6 is 0 Å². The van der Waals surface area contributed by atoms with Crippen molar-refractivity contribution < 1.29 is 17.6 Å². The number of amides is 1. The molecular weight excluding hydrogens is 333 g/mol. The van der Waals surface area contributed by atoms with Gasteiger partial charge in [-0.2, -0.15) is 0 Å². The van der Waals surface area contributed by atoms with E-state index < -0.39 is 21.9 Å². The van der Waals surface area contributed by atoms with Crippen LogP contribution in [0.2, 0.25) is 0 Å². The van der Waals surface area contributed by atoms with Gasteiger partial charge in [0.2, 0.25) is 15.9 Å². The minimum Gasteiger partial charge on any atom is -0.338 e. The number of anilines is 1. The quantitative estimate of drug-likeness (QED) is 0.793. The van der Waals surface area contributed by atoms with Crippen molar-refractivity contribution in [3.8, 4) is 0 Å². The smallest absolute Gasteiger partial charge is 0.246 e. The van der Waals surface area contributed by atoms with Crippen LogP contribution in [0.1, 0.15) is 13.3 Å². The molecule has 1 fully saturated rings. The lowest BCUT2D eigenvalue weighted by Gasteiger charge is -2.37. The number of halogens is 1. The van der Waals surface area contributed by atoms with Crippen LogP contribution in [-0.2, 0) is 14.8 Å². The van der Waals surface area contributed by atoms with Crippen molar-refractivity contribution >= 4 is 21.6 Å². The van der Waals surface area contributed by atoms with E-state index in [9.17, 15) is 17.6 Å². The van der Waals surface area contributed by atoms with E-state index in [0.717, 1.165) is 23.7 Å². The van der Waals surface area contributed by atoms with Gasteiger partial charge in [-0.05, 0) is 25.6 Å². The van der Waals surface area contributed by atoms with Crippen molar-refractivity contribution in [1.82, 2.24) is 9.80 Å². The fourth-order valence-corrected chi connectivity index (χ4v) is 4.09. The monoisotopic (exact) mass is 357 g/mol. The zero-order valence-corrected chi connectivity index (χ0v) is 15.1. The third-order valence-corrected chi connectivity index (χ3v) is 5.38. The number of nitrogens with zero attached hydrogens (tertiary/aromatic N) is 3. The van der Waals surface area contributed by atoms with E-state index in [1.165, 1.54) is 18.2 Å². The highest BCUT2D eigenvalue weighted by atomic mass is 32.2. The lowest BCUT2D eigenvalue weighted by Crippen LogP contribution is -2.55. The molecule has 0 aliphatic carbocycles. The van der Waals surface area contributed by atoms with Crippen molar-refractivity contribution in [2.24, 2.45) is 0 Å². The van der Waals surface area contributed by atoms with Gasteiger partial charge >= 0.3 is 0 Å². The Hall–Kier alpha value is -1.67. The third-order valence-electron chi connectivity index (χ3n) is 4.22. The number of para-hydroxylation sites is 1. The molecule has 1 heterocycles. The summed E-state index contributed by atoms with van der Waals surface area (Å²) in [6, 6.07) is 4.68. The van der Waals surface area contributed by atoms with Crippen LogP contribution in [0.15, 0.2) is 24.3 Å². The first-order chi connectivity index (χ1) is 11.3. The minimum atomic E-state index is -3.81. The summed E-state index contributed by atoms with van der Waals surface area (Å²) in [5.41, 5.74) is -0.0886. The number of hydrogen-bond donors (Lipinski definition) is 0. The molecule has 1 atom stereocenters. The number of sulfonamides is 1. The average Bonchev–Trinajstić information content (AvgIpc) is 2.52. The highest BCUT2D eigenvalue weighted by Gasteiger charge is 2.36. The molecule has 1 aromatic carbocycles. The maximum absolute atomic E-state index is 14.2. The van der Waals surface area contributed by atoms with E-state index in [1.807, 2.05) is 7.05 Å². The maximum atomic E-state index is 14.2. The molecule has 2 rings (SSSR count). The standard InChI is InChI=1S/C16H24FN3O3S/c1-4-14(16(21)19-11-9-18(2)10-12-19)20(24(3,22)23)15-8-6-5-7-13(15)17/h5-8,14H,4,9-12H2,1-3H3. The SMILES string of the molecule is CCC(C(=O)N1CCN(C)CC1)N(c1ccccc1F)S(C)(=O)=O. The topological polar surface area (TPSA) is 60.9 Å². The van der Waals surface area contributed by atoms with Gasteiger partial charge in [0, 0.05) is 26.2 Å². The van der Waals surface area contributed by atoms with Crippen LogP contribution in [0.25, 0.3) is 0 Å². The molecule has 0 saturated carbocycles. The van der Waals surface area contributed by atoms with Gasteiger partial charge in [-0.3, -0.25) is 9.10 Å². The van der Waals surface area contributed by atoms with Crippen LogP contribution < -0.4 is 4.31 Å². The Labute approximate surface area is 142 Å². The predicted octanol–water partition coefficient (Wildman–Crippen LogP) is 1.14. The molecule has 6 nitrogen and oxygen atoms in total. The number of rotatable bonds is 5. The number of hydrogen-bond acceptors (Lipinski definition) is 4. The summed E-state index contributed by atoms with van der Waals surface area (Å²) in [7, 11) is -1.84. The lowest BCUT2D eigenvalue weighted by atomic mass is 10.1. The van der Waals surface area contributed by atoms with Gasteiger partial charge in [-0.25, -0.2) is 12.8 Å². The van der Waals surface area contributed by atoms with E-state index in [4.69, 9.17) is 0 Å². The molecule has 0 bridgehead atoms. The molecule has 1 aliphatic heterocycles.